The van der Waals surface area contributed by atoms with Crippen LogP contribution in [-0.2, 0) is 34.1 Å². The Labute approximate surface area is 421 Å². The number of esters is 2. The van der Waals surface area contributed by atoms with Crippen molar-refractivity contribution < 1.29 is 48.1 Å². The number of fused-ring (bicyclic) bond motifs is 3. The molecule has 1 spiro atoms. The normalized spacial score (nSPS) is 22.6. The van der Waals surface area contributed by atoms with Crippen molar-refractivity contribution in [2.24, 2.45) is 17.6 Å². The number of amides is 6. The van der Waals surface area contributed by atoms with Crippen LogP contribution in [0.2, 0.25) is 0 Å². The minimum absolute atomic E-state index is 0.000519. The molecular formula is C54H55N9O10. The second-order valence-corrected chi connectivity index (χ2v) is 18.4. The lowest BCUT2D eigenvalue weighted by Crippen LogP contribution is -2.60. The van der Waals surface area contributed by atoms with E-state index in [-0.39, 0.29) is 44.1 Å². The van der Waals surface area contributed by atoms with Crippen LogP contribution in [0.25, 0.3) is 0 Å². The molecule has 7 unspecified atom stereocenters. The molecule has 9 rings (SSSR count). The highest BCUT2D eigenvalue weighted by Crippen LogP contribution is 2.66. The molecule has 19 heteroatoms. The quantitative estimate of drug-likeness (QED) is 0.103. The zero-order valence-electron chi connectivity index (χ0n) is 40.4. The molecule has 73 heavy (non-hydrogen) atoms. The lowest BCUT2D eigenvalue weighted by molar-refractivity contribution is -0.179. The summed E-state index contributed by atoms with van der Waals surface area (Å²) in [6.07, 6.45) is 2.30. The summed E-state index contributed by atoms with van der Waals surface area (Å²) in [5.41, 5.74) is 5.67. The average Bonchev–Trinajstić information content (AvgIpc) is 3.92. The molecule has 1 aromatic heterocycles. The van der Waals surface area contributed by atoms with Crippen LogP contribution in [0.15, 0.2) is 122 Å². The number of ether oxygens (including phenoxy) is 3. The summed E-state index contributed by atoms with van der Waals surface area (Å²) in [6, 6.07) is 25.5. The van der Waals surface area contributed by atoms with Gasteiger partial charge < -0.3 is 45.5 Å². The fourth-order valence-electron chi connectivity index (χ4n) is 10.8. The number of urea groups is 2. The zero-order valence-corrected chi connectivity index (χ0v) is 40.4. The number of benzene rings is 4. The monoisotopic (exact) mass is 989 g/mol. The molecular weight excluding hydrogens is 935 g/mol. The van der Waals surface area contributed by atoms with Gasteiger partial charge in [0, 0.05) is 44.1 Å². The van der Waals surface area contributed by atoms with Gasteiger partial charge in [-0.3, -0.25) is 19.3 Å². The number of carbonyl (C=O) groups is 6. The molecule has 0 saturated carbocycles. The number of piperazine rings is 1. The first-order chi connectivity index (χ1) is 35.4. The third kappa shape index (κ3) is 9.26. The van der Waals surface area contributed by atoms with E-state index in [4.69, 9.17) is 19.9 Å². The van der Waals surface area contributed by atoms with Gasteiger partial charge in [0.1, 0.15) is 36.0 Å². The second kappa shape index (κ2) is 21.2. The number of morpholine rings is 1. The van der Waals surface area contributed by atoms with Crippen molar-refractivity contribution in [2.75, 3.05) is 62.8 Å². The number of primary amides is 1. The van der Waals surface area contributed by atoms with Gasteiger partial charge in [-0.1, -0.05) is 98.5 Å². The Morgan fingerprint density at radius 3 is 2.16 bits per heavy atom. The van der Waals surface area contributed by atoms with E-state index in [1.165, 1.54) is 7.11 Å². The van der Waals surface area contributed by atoms with Crippen LogP contribution in [0.1, 0.15) is 59.9 Å². The fraction of sp³-hybridized carbons (Fsp3) is 0.333. The lowest BCUT2D eigenvalue weighted by atomic mass is 9.64. The van der Waals surface area contributed by atoms with Crippen LogP contribution in [-0.4, -0.2) is 126 Å². The number of aliphatic hydroxyl groups excluding tert-OH is 1. The standard InChI is InChI=1S/C54H55N9O10/c1-33(2)42(48(66)71-3)59-53(70)62-40-22-17-34(12-10-23-56-51(55)69)32-39(40)54(50(62)68)41(47(65)60-26-28-61(29-27-60)52-57-24-11-25-58-52)44-49(67)73-45(36-15-8-5-9-16-36)43(35-13-6-4-7-14-35)63(44)46(54)37-18-20-38(21-19-37)72-31-30-64/h4-9,11,13-22,24-25,32-33,41-46,64H,23,26-31H2,1-3H3,(H,59,70)(H3,55,56,69). The van der Waals surface area contributed by atoms with Gasteiger partial charge >= 0.3 is 24.0 Å². The third-order valence-corrected chi connectivity index (χ3v) is 13.9. The molecule has 5 aromatic rings. The summed E-state index contributed by atoms with van der Waals surface area (Å²) in [6.45, 7) is 4.01. The second-order valence-electron chi connectivity index (χ2n) is 18.4. The summed E-state index contributed by atoms with van der Waals surface area (Å²) < 4.78 is 17.5. The Hall–Kier alpha value is -8.34. The molecule has 5 heterocycles. The Kier molecular flexibility index (Phi) is 14.4. The van der Waals surface area contributed by atoms with Gasteiger partial charge in [0.25, 0.3) is 0 Å². The van der Waals surface area contributed by atoms with Crippen molar-refractivity contribution >= 4 is 47.5 Å². The van der Waals surface area contributed by atoms with Crippen LogP contribution >= 0.6 is 0 Å². The SMILES string of the molecule is COC(=O)C(NC(=O)N1C(=O)C2(c3cc(C#CCNC(N)=O)ccc31)C(C(=O)N1CCN(c3ncccn3)CC1)C1C(=O)OC(c3ccccc3)C(c3ccccc3)N1C2c1ccc(OCCO)cc1)C(C)C. The topological polar surface area (TPSA) is 239 Å². The van der Waals surface area contributed by atoms with E-state index in [1.54, 1.807) is 79.7 Å². The molecule has 7 atom stereocenters. The number of carbonyl (C=O) groups excluding carboxylic acids is 6. The number of aliphatic hydroxyl groups is 1. The highest BCUT2D eigenvalue weighted by atomic mass is 16.6. The first-order valence-electron chi connectivity index (χ1n) is 24.0. The van der Waals surface area contributed by atoms with E-state index in [1.807, 2.05) is 70.5 Å². The molecule has 5 N–H and O–H groups in total. The molecule has 0 aliphatic carbocycles. The summed E-state index contributed by atoms with van der Waals surface area (Å²) in [4.78, 5) is 104. The van der Waals surface area contributed by atoms with Gasteiger partial charge in [0.15, 0.2) is 0 Å². The van der Waals surface area contributed by atoms with E-state index >= 15 is 19.2 Å². The largest absolute Gasteiger partial charge is 0.491 e. The van der Waals surface area contributed by atoms with Crippen molar-refractivity contribution in [1.29, 1.82) is 0 Å². The first kappa shape index (κ1) is 49.6. The maximum Gasteiger partial charge on any atom is 0.329 e. The van der Waals surface area contributed by atoms with Crippen LogP contribution in [0.3, 0.4) is 0 Å². The molecule has 4 aromatic carbocycles. The summed E-state index contributed by atoms with van der Waals surface area (Å²) in [7, 11) is 1.20. The Bertz CT molecular complexity index is 2930. The Balaban J connectivity index is 1.32. The molecule has 6 amide bonds. The number of nitrogens with one attached hydrogen (secondary N) is 2. The molecule has 3 fully saturated rings. The molecule has 0 bridgehead atoms. The molecule has 3 saturated heterocycles. The third-order valence-electron chi connectivity index (χ3n) is 13.9. The predicted octanol–water partition coefficient (Wildman–Crippen LogP) is 3.79. The number of nitrogens with two attached hydrogens (primary N) is 1. The van der Waals surface area contributed by atoms with Gasteiger partial charge in [0.2, 0.25) is 17.8 Å². The number of methoxy groups -OCH3 is 1. The number of cyclic esters (lactones) is 1. The van der Waals surface area contributed by atoms with E-state index in [2.05, 4.69) is 32.4 Å². The molecule has 4 aliphatic rings. The number of hydrogen-bond donors (Lipinski definition) is 4. The maximum absolute atomic E-state index is 16.8. The van der Waals surface area contributed by atoms with Crippen LogP contribution in [0.4, 0.5) is 21.2 Å². The van der Waals surface area contributed by atoms with Gasteiger partial charge in [-0.25, -0.2) is 29.3 Å². The molecule has 0 radical (unpaired) electrons. The first-order valence-corrected chi connectivity index (χ1v) is 24.0. The molecule has 19 nitrogen and oxygen atoms in total. The van der Waals surface area contributed by atoms with Crippen LogP contribution < -0.4 is 30.9 Å². The summed E-state index contributed by atoms with van der Waals surface area (Å²) in [5.74, 6) is 1.84. The maximum atomic E-state index is 16.8. The molecule has 376 valence electrons. The van der Waals surface area contributed by atoms with E-state index in [0.717, 1.165) is 4.90 Å². The fourth-order valence-corrected chi connectivity index (χ4v) is 10.8. The summed E-state index contributed by atoms with van der Waals surface area (Å²) in [5, 5.41) is 14.9. The number of hydrogen-bond acceptors (Lipinski definition) is 14. The van der Waals surface area contributed by atoms with Crippen molar-refractivity contribution in [2.45, 2.75) is 49.5 Å². The van der Waals surface area contributed by atoms with Crippen molar-refractivity contribution in [3.05, 3.63) is 149 Å². The number of rotatable bonds is 12. The minimum atomic E-state index is -2.14. The van der Waals surface area contributed by atoms with Gasteiger partial charge in [-0.05, 0) is 64.6 Å². The van der Waals surface area contributed by atoms with Gasteiger partial charge in [0.05, 0.1) is 44.0 Å². The highest BCUT2D eigenvalue weighted by Gasteiger charge is 2.76. The Morgan fingerprint density at radius 2 is 1.53 bits per heavy atom. The van der Waals surface area contributed by atoms with Crippen LogP contribution in [0.5, 0.6) is 5.75 Å². The lowest BCUT2D eigenvalue weighted by Gasteiger charge is -2.46. The predicted molar refractivity (Wildman–Crippen MR) is 265 cm³/mol. The van der Waals surface area contributed by atoms with Crippen LogP contribution in [0, 0.1) is 23.7 Å². The highest BCUT2D eigenvalue weighted by molar-refractivity contribution is 6.25. The number of anilines is 2. The van der Waals surface area contributed by atoms with Crippen molar-refractivity contribution in [1.82, 2.24) is 30.4 Å². The van der Waals surface area contributed by atoms with Crippen molar-refractivity contribution in [3.63, 3.8) is 0 Å². The number of nitrogens with zero attached hydrogens (tertiary/aromatic N) is 6. The Morgan fingerprint density at radius 1 is 0.863 bits per heavy atom. The number of imide groups is 1. The van der Waals surface area contributed by atoms with E-state index < -0.39 is 83.3 Å². The zero-order chi connectivity index (χ0) is 51.4. The number of aromatic nitrogens is 2. The average molecular weight is 990 g/mol. The van der Waals surface area contributed by atoms with Gasteiger partial charge in [-0.15, -0.1) is 0 Å². The van der Waals surface area contributed by atoms with E-state index in [0.29, 0.717) is 47.0 Å². The minimum Gasteiger partial charge on any atom is -0.491 e. The summed E-state index contributed by atoms with van der Waals surface area (Å²) >= 11 is 0. The van der Waals surface area contributed by atoms with Crippen molar-refractivity contribution in [3.8, 4) is 17.6 Å². The van der Waals surface area contributed by atoms with Gasteiger partial charge in [-0.2, -0.15) is 0 Å². The molecule has 4 aliphatic heterocycles. The smallest absolute Gasteiger partial charge is 0.329 e. The van der Waals surface area contributed by atoms with E-state index in [9.17, 15) is 14.7 Å².